The number of quaternary nitrogens is 1. The number of carbonyl (C=O) groups excluding carboxylic acids is 3. The molecule has 0 aromatic rings. The van der Waals surface area contributed by atoms with E-state index in [0.29, 0.717) is 12.8 Å². The molecule has 0 saturated carbocycles. The normalized spacial score (nSPS) is 13.8. The lowest BCUT2D eigenvalue weighted by atomic mass is 10.1. The Hall–Kier alpha value is -3.23. The molecule has 0 amide bonds. The van der Waals surface area contributed by atoms with Gasteiger partial charge >= 0.3 is 11.9 Å². The van der Waals surface area contributed by atoms with Crippen molar-refractivity contribution in [2.24, 2.45) is 0 Å². The molecule has 52 heavy (non-hydrogen) atoms. The first-order valence-corrected chi connectivity index (χ1v) is 20.0. The van der Waals surface area contributed by atoms with Gasteiger partial charge in [-0.2, -0.15) is 0 Å². The van der Waals surface area contributed by atoms with Crippen LogP contribution in [0.15, 0.2) is 72.9 Å². The van der Waals surface area contributed by atoms with E-state index in [9.17, 15) is 19.5 Å². The van der Waals surface area contributed by atoms with E-state index >= 15 is 0 Å². The number of nitrogens with zero attached hydrogens (tertiary/aromatic N) is 1. The predicted molar refractivity (Wildman–Crippen MR) is 212 cm³/mol. The van der Waals surface area contributed by atoms with Gasteiger partial charge in [0.2, 0.25) is 0 Å². The van der Waals surface area contributed by atoms with Gasteiger partial charge in [0.05, 0.1) is 40.3 Å². The standard InChI is InChI=1S/C44H73NO7/c1-6-8-10-12-14-16-18-20-21-23-24-26-28-30-32-34-42(46)51-39-40(38-50-37-36-41(44(48)49)45(3,4)5)52-43(47)35-33-31-29-27-25-22-19-17-15-13-11-9-7-2/h9,11,13-20,22,25,40-41H,6-8,10,12,21,23-24,26-39H2,1-5H3/b11-9+,15-13+,16-14+,19-17+,20-18+,25-22+. The van der Waals surface area contributed by atoms with Crippen LogP contribution in [0.2, 0.25) is 0 Å². The highest BCUT2D eigenvalue weighted by molar-refractivity contribution is 5.70. The second-order valence-electron chi connectivity index (χ2n) is 14.3. The molecule has 0 aliphatic rings. The minimum absolute atomic E-state index is 0.0166. The van der Waals surface area contributed by atoms with Crippen LogP contribution in [0.25, 0.3) is 0 Å². The summed E-state index contributed by atoms with van der Waals surface area (Å²) in [5.74, 6) is -1.81. The third-order valence-electron chi connectivity index (χ3n) is 8.45. The summed E-state index contributed by atoms with van der Waals surface area (Å²) in [6.07, 6.45) is 42.1. The summed E-state index contributed by atoms with van der Waals surface area (Å²) in [5, 5.41) is 11.6. The van der Waals surface area contributed by atoms with Crippen molar-refractivity contribution in [3.63, 3.8) is 0 Å². The average Bonchev–Trinajstić information content (AvgIpc) is 3.09. The fourth-order valence-electron chi connectivity index (χ4n) is 5.30. The third-order valence-corrected chi connectivity index (χ3v) is 8.45. The van der Waals surface area contributed by atoms with Crippen LogP contribution in [-0.4, -0.2) is 75.5 Å². The van der Waals surface area contributed by atoms with Gasteiger partial charge in [0.25, 0.3) is 0 Å². The van der Waals surface area contributed by atoms with E-state index in [0.717, 1.165) is 64.2 Å². The van der Waals surface area contributed by atoms with Crippen molar-refractivity contribution in [3.05, 3.63) is 72.9 Å². The number of hydrogen-bond acceptors (Lipinski definition) is 7. The molecule has 0 saturated heterocycles. The first-order valence-electron chi connectivity index (χ1n) is 20.0. The molecule has 2 atom stereocenters. The molecular formula is C44H73NO7. The van der Waals surface area contributed by atoms with Crippen LogP contribution in [0.5, 0.6) is 0 Å². The molecule has 0 rings (SSSR count). The molecule has 0 fully saturated rings. The summed E-state index contributed by atoms with van der Waals surface area (Å²) >= 11 is 0. The summed E-state index contributed by atoms with van der Waals surface area (Å²) in [6, 6.07) is -0.737. The van der Waals surface area contributed by atoms with E-state index in [1.807, 2.05) is 36.5 Å². The van der Waals surface area contributed by atoms with Gasteiger partial charge in [0.15, 0.2) is 6.10 Å². The number of hydrogen-bond donors (Lipinski definition) is 0. The third kappa shape index (κ3) is 32.7. The first kappa shape index (κ1) is 48.8. The zero-order valence-corrected chi connectivity index (χ0v) is 33.4. The van der Waals surface area contributed by atoms with Gasteiger partial charge in [0.1, 0.15) is 12.6 Å². The smallest absolute Gasteiger partial charge is 0.306 e. The van der Waals surface area contributed by atoms with Crippen LogP contribution in [-0.2, 0) is 28.6 Å². The Bertz CT molecular complexity index is 1080. The molecule has 0 radical (unpaired) electrons. The highest BCUT2D eigenvalue weighted by Gasteiger charge is 2.25. The van der Waals surface area contributed by atoms with Crippen LogP contribution >= 0.6 is 0 Å². The maximum absolute atomic E-state index is 12.6. The van der Waals surface area contributed by atoms with Crippen LogP contribution in [0.1, 0.15) is 136 Å². The van der Waals surface area contributed by atoms with Gasteiger partial charge in [-0.1, -0.05) is 132 Å². The molecule has 0 N–H and O–H groups in total. The molecule has 0 bridgehead atoms. The molecular weight excluding hydrogens is 654 g/mol. The van der Waals surface area contributed by atoms with Gasteiger partial charge in [0, 0.05) is 19.3 Å². The van der Waals surface area contributed by atoms with E-state index in [-0.39, 0.29) is 49.1 Å². The lowest BCUT2D eigenvalue weighted by Gasteiger charge is -2.34. The van der Waals surface area contributed by atoms with Gasteiger partial charge in [-0.25, -0.2) is 0 Å². The van der Waals surface area contributed by atoms with E-state index in [1.54, 1.807) is 21.1 Å². The maximum atomic E-state index is 12.6. The van der Waals surface area contributed by atoms with Gasteiger partial charge in [-0.3, -0.25) is 9.59 Å². The Balaban J connectivity index is 4.50. The molecule has 0 aliphatic carbocycles. The summed E-state index contributed by atoms with van der Waals surface area (Å²) in [6.45, 7) is 4.40. The number of esters is 2. The minimum atomic E-state index is -1.14. The van der Waals surface area contributed by atoms with Crippen LogP contribution < -0.4 is 5.11 Å². The van der Waals surface area contributed by atoms with E-state index in [2.05, 4.69) is 50.3 Å². The lowest BCUT2D eigenvalue weighted by molar-refractivity contribution is -0.889. The number of likely N-dealkylation sites (N-methyl/N-ethyl adjacent to an activating group) is 1. The monoisotopic (exact) mass is 728 g/mol. The second kappa shape index (κ2) is 34.8. The highest BCUT2D eigenvalue weighted by atomic mass is 16.6. The number of carboxylic acids is 1. The van der Waals surface area contributed by atoms with Gasteiger partial charge < -0.3 is 28.6 Å². The van der Waals surface area contributed by atoms with Crippen molar-refractivity contribution in [1.29, 1.82) is 0 Å². The Morgan fingerprint density at radius 1 is 0.596 bits per heavy atom. The number of carboxylic acid groups (broad SMARTS) is 1. The van der Waals surface area contributed by atoms with E-state index in [1.165, 1.54) is 32.1 Å². The molecule has 0 aromatic carbocycles. The number of aliphatic carboxylic acids is 1. The summed E-state index contributed by atoms with van der Waals surface area (Å²) in [4.78, 5) is 36.7. The Kier molecular flexibility index (Phi) is 32.7. The predicted octanol–water partition coefficient (Wildman–Crippen LogP) is 9.07. The van der Waals surface area contributed by atoms with Crippen molar-refractivity contribution in [2.45, 2.75) is 148 Å². The molecule has 0 heterocycles. The maximum Gasteiger partial charge on any atom is 0.306 e. The molecule has 2 unspecified atom stereocenters. The number of rotatable bonds is 34. The molecule has 0 aliphatic heterocycles. The first-order chi connectivity index (χ1) is 25.1. The SMILES string of the molecule is CC/C=C/C=C/C=C/C=C/CCCCCC(=O)OC(COCCC(C(=O)[O-])[N+](C)(C)C)COC(=O)CCCCCCCC/C=C/C=C/CCCCC. The molecule has 0 aromatic heterocycles. The Morgan fingerprint density at radius 2 is 1.08 bits per heavy atom. The average molecular weight is 728 g/mol. The number of allylic oxidation sites excluding steroid dienone is 12. The largest absolute Gasteiger partial charge is 0.544 e. The summed E-state index contributed by atoms with van der Waals surface area (Å²) < 4.78 is 17.0. The summed E-state index contributed by atoms with van der Waals surface area (Å²) in [7, 11) is 5.37. The van der Waals surface area contributed by atoms with Gasteiger partial charge in [-0.15, -0.1) is 0 Å². The fraction of sp³-hybridized carbons (Fsp3) is 0.659. The van der Waals surface area contributed by atoms with Crippen molar-refractivity contribution in [1.82, 2.24) is 0 Å². The Morgan fingerprint density at radius 3 is 1.63 bits per heavy atom. The Labute approximate surface area is 317 Å². The topological polar surface area (TPSA) is 102 Å². The van der Waals surface area contributed by atoms with Crippen molar-refractivity contribution >= 4 is 17.9 Å². The highest BCUT2D eigenvalue weighted by Crippen LogP contribution is 2.12. The van der Waals surface area contributed by atoms with Crippen LogP contribution in [0.4, 0.5) is 0 Å². The number of ether oxygens (including phenoxy) is 3. The zero-order chi connectivity index (χ0) is 38.5. The van der Waals surface area contributed by atoms with Crippen molar-refractivity contribution in [2.75, 3.05) is 41.0 Å². The molecule has 8 heteroatoms. The van der Waals surface area contributed by atoms with Crippen LogP contribution in [0.3, 0.4) is 0 Å². The fourth-order valence-corrected chi connectivity index (χ4v) is 5.30. The van der Waals surface area contributed by atoms with Crippen LogP contribution in [0, 0.1) is 0 Å². The lowest BCUT2D eigenvalue weighted by Crippen LogP contribution is -2.55. The number of carbonyl (C=O) groups is 3. The minimum Gasteiger partial charge on any atom is -0.544 e. The van der Waals surface area contributed by atoms with E-state index < -0.39 is 18.1 Å². The van der Waals surface area contributed by atoms with E-state index in [4.69, 9.17) is 14.2 Å². The molecule has 296 valence electrons. The molecule has 0 spiro atoms. The second-order valence-corrected chi connectivity index (χ2v) is 14.3. The zero-order valence-electron chi connectivity index (χ0n) is 33.4. The quantitative estimate of drug-likeness (QED) is 0.0282. The van der Waals surface area contributed by atoms with Crippen molar-refractivity contribution in [3.8, 4) is 0 Å². The van der Waals surface area contributed by atoms with Crippen molar-refractivity contribution < 1.29 is 38.2 Å². The van der Waals surface area contributed by atoms with Gasteiger partial charge in [-0.05, 0) is 57.8 Å². The summed E-state index contributed by atoms with van der Waals surface area (Å²) in [5.41, 5.74) is 0. The molecule has 8 nitrogen and oxygen atoms in total. The number of unbranched alkanes of at least 4 members (excludes halogenated alkanes) is 12.